The Labute approximate surface area is 92.5 Å². The van der Waals surface area contributed by atoms with Crippen molar-refractivity contribution >= 4 is 18.8 Å². The topological polar surface area (TPSA) is 40.5 Å². The van der Waals surface area contributed by atoms with E-state index in [0.717, 1.165) is 13.0 Å². The van der Waals surface area contributed by atoms with Crippen LogP contribution in [0, 0.1) is 0 Å². The Morgan fingerprint density at radius 1 is 1.29 bits per heavy atom. The molecule has 0 bridgehead atoms. The summed E-state index contributed by atoms with van der Waals surface area (Å²) in [6.45, 7) is 6.30. The zero-order chi connectivity index (χ0) is 11.4. The van der Waals surface area contributed by atoms with Gasteiger partial charge in [0.05, 0.1) is 0 Å². The maximum atomic E-state index is 10.9. The second kappa shape index (κ2) is 6.16. The van der Waals surface area contributed by atoms with Gasteiger partial charge in [0.25, 0.3) is 6.57 Å². The van der Waals surface area contributed by atoms with Crippen molar-refractivity contribution in [1.82, 2.24) is 4.90 Å². The number of nitrogens with zero attached hydrogens (tertiary/aromatic N) is 1. The van der Waals surface area contributed by atoms with Gasteiger partial charge in [-0.1, -0.05) is 12.2 Å². The fourth-order valence-corrected chi connectivity index (χ4v) is 2.55. The van der Waals surface area contributed by atoms with E-state index in [1.165, 1.54) is 0 Å². The van der Waals surface area contributed by atoms with Gasteiger partial charge in [-0.25, -0.2) is 0 Å². The minimum atomic E-state index is -3.11. The van der Waals surface area contributed by atoms with Gasteiger partial charge in [0.15, 0.2) is 0 Å². The van der Waals surface area contributed by atoms with Gasteiger partial charge in [-0.3, -0.25) is 9.46 Å². The molecule has 0 aliphatic heterocycles. The number of thiol groups is 1. The number of rotatable bonds is 6. The summed E-state index contributed by atoms with van der Waals surface area (Å²) in [4.78, 5) is 11.3. The van der Waals surface area contributed by atoms with Crippen molar-refractivity contribution in [3.05, 3.63) is 0 Å². The minimum Gasteiger partial charge on any atom is -0.337 e. The first-order valence-corrected chi connectivity index (χ1v) is 8.04. The van der Waals surface area contributed by atoms with Crippen molar-refractivity contribution in [3.8, 4) is 0 Å². The first-order chi connectivity index (χ1) is 6.24. The second-order valence-electron chi connectivity index (χ2n) is 4.17. The lowest BCUT2D eigenvalue weighted by atomic mass is 10.2. The van der Waals surface area contributed by atoms with Crippen LogP contribution in [0.15, 0.2) is 0 Å². The highest BCUT2D eigenvalue weighted by atomic mass is 32.7. The van der Waals surface area contributed by atoms with Crippen LogP contribution in [0.2, 0.25) is 0 Å². The van der Waals surface area contributed by atoms with Crippen LogP contribution < -0.4 is 0 Å². The highest BCUT2D eigenvalue weighted by Gasteiger charge is 2.15. The Morgan fingerprint density at radius 3 is 2.00 bits per heavy atom. The predicted molar refractivity (Wildman–Crippen MR) is 65.3 cm³/mol. The normalized spacial score (nSPS) is 16.6. The van der Waals surface area contributed by atoms with E-state index in [4.69, 9.17) is 4.89 Å². The molecule has 0 fully saturated rings. The Hall–Kier alpha value is 0.500. The zero-order valence-electron chi connectivity index (χ0n) is 9.47. The Balaban J connectivity index is 3.90. The molecular weight excluding hydrogens is 217 g/mol. The number of hydrogen-bond acceptors (Lipinski definition) is 2. The smallest absolute Gasteiger partial charge is 0.252 e. The summed E-state index contributed by atoms with van der Waals surface area (Å²) in [5.74, 6) is 0. The molecule has 1 N–H and O–H groups in total. The van der Waals surface area contributed by atoms with Crippen LogP contribution >= 0.6 is 18.8 Å². The molecule has 0 aliphatic rings. The Kier molecular flexibility index (Phi) is 6.38. The van der Waals surface area contributed by atoms with E-state index in [1.54, 1.807) is 0 Å². The molecule has 14 heavy (non-hydrogen) atoms. The van der Waals surface area contributed by atoms with Crippen molar-refractivity contribution in [1.29, 1.82) is 0 Å². The standard InChI is InChI=1S/C9H22NO2PS/c1-8(2)10(9(3)4)6-5-7-13(11,12)14/h8-9H,5-7H2,1-4H3,(H2,11,12,14). The molecule has 0 saturated carbocycles. The molecule has 3 nitrogen and oxygen atoms in total. The average molecular weight is 239 g/mol. The minimum absolute atomic E-state index is 0.298. The van der Waals surface area contributed by atoms with Gasteiger partial charge in [-0.05, 0) is 40.7 Å². The lowest BCUT2D eigenvalue weighted by Crippen LogP contribution is -2.37. The molecule has 5 heteroatoms. The average Bonchev–Trinajstić information content (AvgIpc) is 1.94. The summed E-state index contributed by atoms with van der Waals surface area (Å²) in [6, 6.07) is 0.959. The second-order valence-corrected chi connectivity index (χ2v) is 7.82. The first-order valence-electron chi connectivity index (χ1n) is 5.04. The molecule has 0 radical (unpaired) electrons. The van der Waals surface area contributed by atoms with Crippen molar-refractivity contribution in [2.24, 2.45) is 0 Å². The summed E-state index contributed by atoms with van der Waals surface area (Å²) >= 11 is 3.65. The third-order valence-electron chi connectivity index (χ3n) is 2.19. The summed E-state index contributed by atoms with van der Waals surface area (Å²) in [5, 5.41) is 0. The quantitative estimate of drug-likeness (QED) is 0.553. The lowest BCUT2D eigenvalue weighted by Gasteiger charge is -2.30. The largest absolute Gasteiger partial charge is 0.337 e. The molecule has 86 valence electrons. The van der Waals surface area contributed by atoms with Crippen LogP contribution in [0.4, 0.5) is 0 Å². The molecule has 1 unspecified atom stereocenters. The Bertz CT molecular complexity index is 195. The maximum absolute atomic E-state index is 10.9. The molecule has 0 aromatic rings. The van der Waals surface area contributed by atoms with Crippen LogP contribution in [0.25, 0.3) is 0 Å². The van der Waals surface area contributed by atoms with Crippen molar-refractivity contribution in [2.45, 2.75) is 46.2 Å². The van der Waals surface area contributed by atoms with Crippen molar-refractivity contribution in [3.63, 3.8) is 0 Å². The Morgan fingerprint density at radius 2 is 1.71 bits per heavy atom. The molecule has 1 atom stereocenters. The SMILES string of the molecule is CC(C)N(CCCP(=O)(O)S)C(C)C. The van der Waals surface area contributed by atoms with Crippen LogP contribution in [-0.2, 0) is 4.57 Å². The van der Waals surface area contributed by atoms with E-state index in [2.05, 4.69) is 44.8 Å². The van der Waals surface area contributed by atoms with Crippen molar-refractivity contribution in [2.75, 3.05) is 12.7 Å². The third-order valence-corrected chi connectivity index (χ3v) is 3.69. The molecule has 0 aromatic carbocycles. The van der Waals surface area contributed by atoms with Crippen LogP contribution in [0.5, 0.6) is 0 Å². The molecule has 0 heterocycles. The highest BCUT2D eigenvalue weighted by Crippen LogP contribution is 2.45. The van der Waals surface area contributed by atoms with E-state index < -0.39 is 6.57 Å². The summed E-state index contributed by atoms with van der Waals surface area (Å²) < 4.78 is 10.9. The molecule has 0 spiro atoms. The molecule has 0 rings (SSSR count). The van der Waals surface area contributed by atoms with Crippen LogP contribution in [0.1, 0.15) is 34.1 Å². The lowest BCUT2D eigenvalue weighted by molar-refractivity contribution is 0.175. The van der Waals surface area contributed by atoms with E-state index in [-0.39, 0.29) is 0 Å². The third kappa shape index (κ3) is 6.88. The van der Waals surface area contributed by atoms with E-state index in [0.29, 0.717) is 18.2 Å². The van der Waals surface area contributed by atoms with Gasteiger partial charge in [-0.2, -0.15) is 0 Å². The highest BCUT2D eigenvalue weighted by molar-refractivity contribution is 8.45. The molecule has 0 amide bonds. The van der Waals surface area contributed by atoms with Gasteiger partial charge in [0, 0.05) is 18.2 Å². The molecular formula is C9H22NO2PS. The van der Waals surface area contributed by atoms with E-state index in [9.17, 15) is 4.57 Å². The van der Waals surface area contributed by atoms with Gasteiger partial charge in [0.1, 0.15) is 0 Å². The summed E-state index contributed by atoms with van der Waals surface area (Å²) in [5.41, 5.74) is 0. The van der Waals surface area contributed by atoms with Gasteiger partial charge in [-0.15, -0.1) is 0 Å². The van der Waals surface area contributed by atoms with Crippen LogP contribution in [0.3, 0.4) is 0 Å². The molecule has 0 aromatic heterocycles. The zero-order valence-corrected chi connectivity index (χ0v) is 11.3. The molecule has 0 aliphatic carbocycles. The first kappa shape index (κ1) is 14.5. The van der Waals surface area contributed by atoms with Gasteiger partial charge < -0.3 is 4.89 Å². The summed E-state index contributed by atoms with van der Waals surface area (Å²) in [7, 11) is 0. The van der Waals surface area contributed by atoms with E-state index >= 15 is 0 Å². The summed E-state index contributed by atoms with van der Waals surface area (Å²) in [6.07, 6.45) is 1.03. The molecule has 0 saturated heterocycles. The fourth-order valence-electron chi connectivity index (χ4n) is 1.57. The maximum Gasteiger partial charge on any atom is 0.252 e. The number of hydrogen-bond donors (Lipinski definition) is 2. The van der Waals surface area contributed by atoms with Crippen LogP contribution in [-0.4, -0.2) is 34.6 Å². The van der Waals surface area contributed by atoms with Gasteiger partial charge in [0.2, 0.25) is 0 Å². The van der Waals surface area contributed by atoms with Crippen molar-refractivity contribution < 1.29 is 9.46 Å². The van der Waals surface area contributed by atoms with Gasteiger partial charge >= 0.3 is 0 Å². The fraction of sp³-hybridized carbons (Fsp3) is 1.00. The van der Waals surface area contributed by atoms with E-state index in [1.807, 2.05) is 0 Å². The monoisotopic (exact) mass is 239 g/mol. The predicted octanol–water partition coefficient (Wildman–Crippen LogP) is 2.61.